The van der Waals surface area contributed by atoms with Crippen LogP contribution in [0.5, 0.6) is 0 Å². The minimum absolute atomic E-state index is 0.0491. The summed E-state index contributed by atoms with van der Waals surface area (Å²) < 4.78 is 5.52. The summed E-state index contributed by atoms with van der Waals surface area (Å²) in [6.07, 6.45) is 10.1. The zero-order valence-electron chi connectivity index (χ0n) is 18.2. The van der Waals surface area contributed by atoms with Gasteiger partial charge < -0.3 is 0 Å². The van der Waals surface area contributed by atoms with Crippen molar-refractivity contribution in [2.24, 2.45) is 14.1 Å². The molecule has 1 aromatic carbocycles. The predicted octanol–water partition coefficient (Wildman–Crippen LogP) is 4.47. The normalized spacial score (nSPS) is 14.7. The first-order chi connectivity index (χ1) is 15.6. The summed E-state index contributed by atoms with van der Waals surface area (Å²) in [4.78, 5) is 22.4. The van der Waals surface area contributed by atoms with E-state index in [2.05, 4.69) is 33.3 Å². The minimum Gasteiger partial charge on any atom is -0.293 e. The number of benzene rings is 1. The summed E-state index contributed by atoms with van der Waals surface area (Å²) in [5, 5.41) is 5.44. The van der Waals surface area contributed by atoms with Gasteiger partial charge in [-0.25, -0.2) is 4.79 Å². The molecule has 1 fully saturated rings. The van der Waals surface area contributed by atoms with Gasteiger partial charge in [-0.2, -0.15) is 5.10 Å². The van der Waals surface area contributed by atoms with Crippen LogP contribution in [-0.4, -0.2) is 28.9 Å². The number of nitrogens with zero attached hydrogens (tertiary/aromatic N) is 6. The molecule has 0 atom stereocenters. The van der Waals surface area contributed by atoms with Crippen LogP contribution in [0.15, 0.2) is 59.8 Å². The number of pyridine rings is 2. The van der Waals surface area contributed by atoms with E-state index in [0.29, 0.717) is 0 Å². The highest BCUT2D eigenvalue weighted by Crippen LogP contribution is 2.34. The van der Waals surface area contributed by atoms with Crippen molar-refractivity contribution in [1.29, 1.82) is 0 Å². The lowest BCUT2D eigenvalue weighted by atomic mass is 10.0. The zero-order valence-corrected chi connectivity index (χ0v) is 18.2. The number of hydrogen-bond acceptors (Lipinski definition) is 4. The van der Waals surface area contributed by atoms with E-state index in [0.717, 1.165) is 57.3 Å². The van der Waals surface area contributed by atoms with Gasteiger partial charge in [0, 0.05) is 43.5 Å². The van der Waals surface area contributed by atoms with Crippen LogP contribution in [-0.2, 0) is 14.1 Å². The maximum atomic E-state index is 13.1. The smallest absolute Gasteiger partial charge is 0.293 e. The van der Waals surface area contributed by atoms with Gasteiger partial charge in [0.15, 0.2) is 0 Å². The Balaban J connectivity index is 1.51. The Labute approximate surface area is 185 Å². The van der Waals surface area contributed by atoms with E-state index >= 15 is 0 Å². The van der Waals surface area contributed by atoms with Crippen LogP contribution in [0, 0.1) is 0 Å². The molecule has 0 radical (unpaired) electrons. The van der Waals surface area contributed by atoms with E-state index in [9.17, 15) is 4.79 Å². The van der Waals surface area contributed by atoms with Gasteiger partial charge >= 0.3 is 5.69 Å². The van der Waals surface area contributed by atoms with E-state index in [1.54, 1.807) is 9.25 Å². The van der Waals surface area contributed by atoms with E-state index in [1.807, 2.05) is 55.5 Å². The Morgan fingerprint density at radius 2 is 1.72 bits per heavy atom. The predicted molar refractivity (Wildman–Crippen MR) is 125 cm³/mol. The third-order valence-electron chi connectivity index (χ3n) is 6.68. The fourth-order valence-corrected chi connectivity index (χ4v) is 4.98. The van der Waals surface area contributed by atoms with Crippen LogP contribution < -0.4 is 5.69 Å². The summed E-state index contributed by atoms with van der Waals surface area (Å²) in [5.41, 5.74) is 6.61. The second kappa shape index (κ2) is 7.15. The van der Waals surface area contributed by atoms with Crippen LogP contribution in [0.3, 0.4) is 0 Å². The van der Waals surface area contributed by atoms with E-state index < -0.39 is 0 Å². The van der Waals surface area contributed by atoms with Crippen LogP contribution in [0.4, 0.5) is 0 Å². The van der Waals surface area contributed by atoms with Crippen molar-refractivity contribution in [2.45, 2.75) is 31.7 Å². The maximum absolute atomic E-state index is 13.1. The Bertz CT molecular complexity index is 1520. The molecule has 0 bridgehead atoms. The molecule has 0 aliphatic heterocycles. The summed E-state index contributed by atoms with van der Waals surface area (Å²) in [6, 6.07) is 12.5. The Morgan fingerprint density at radius 3 is 2.44 bits per heavy atom. The molecule has 0 saturated heterocycles. The van der Waals surface area contributed by atoms with Crippen LogP contribution >= 0.6 is 0 Å². The van der Waals surface area contributed by atoms with Gasteiger partial charge in [0.1, 0.15) is 5.69 Å². The Kier molecular flexibility index (Phi) is 4.24. The first-order valence-electron chi connectivity index (χ1n) is 11.1. The van der Waals surface area contributed by atoms with Crippen molar-refractivity contribution in [3.63, 3.8) is 0 Å². The molecular weight excluding hydrogens is 400 g/mol. The molecule has 1 saturated carbocycles. The van der Waals surface area contributed by atoms with Crippen molar-refractivity contribution in [2.75, 3.05) is 0 Å². The van der Waals surface area contributed by atoms with E-state index in [-0.39, 0.29) is 11.7 Å². The van der Waals surface area contributed by atoms with E-state index in [1.165, 1.54) is 12.8 Å². The van der Waals surface area contributed by atoms with Crippen LogP contribution in [0.25, 0.3) is 44.5 Å². The van der Waals surface area contributed by atoms with Gasteiger partial charge in [-0.3, -0.25) is 23.8 Å². The molecule has 0 N–H and O–H groups in total. The number of aryl methyl sites for hydroxylation is 2. The van der Waals surface area contributed by atoms with Gasteiger partial charge in [0.05, 0.1) is 28.4 Å². The lowest BCUT2D eigenvalue weighted by Crippen LogP contribution is -2.24. The lowest BCUT2D eigenvalue weighted by molar-refractivity contribution is 0.510. The standard InChI is InChI=1S/C25H24N6O/c1-29-12-11-22(28-29)21-10-8-17(14-26-21)16-7-9-20-19(13-16)24-23(15-27-20)30(2)25(32)31(24)18-5-3-4-6-18/h7-15,18H,3-6H2,1-2H3. The molecule has 4 heterocycles. The SMILES string of the molecule is Cn1ccc(-c2ccc(-c3ccc4ncc5c(c4c3)n(C3CCCC3)c(=O)n5C)cn2)n1. The molecule has 0 amide bonds. The summed E-state index contributed by atoms with van der Waals surface area (Å²) in [6.45, 7) is 0. The Morgan fingerprint density at radius 1 is 0.906 bits per heavy atom. The molecule has 5 aromatic rings. The highest BCUT2D eigenvalue weighted by Gasteiger charge is 2.24. The average molecular weight is 425 g/mol. The molecule has 4 aromatic heterocycles. The highest BCUT2D eigenvalue weighted by molar-refractivity contribution is 6.04. The molecule has 32 heavy (non-hydrogen) atoms. The molecule has 0 spiro atoms. The molecule has 160 valence electrons. The summed E-state index contributed by atoms with van der Waals surface area (Å²) in [7, 11) is 3.74. The molecule has 7 nitrogen and oxygen atoms in total. The van der Waals surface area contributed by atoms with Crippen molar-refractivity contribution in [3.05, 3.63) is 65.5 Å². The molecule has 1 aliphatic rings. The number of fused-ring (bicyclic) bond motifs is 3. The van der Waals surface area contributed by atoms with E-state index in [4.69, 9.17) is 0 Å². The fourth-order valence-electron chi connectivity index (χ4n) is 4.98. The molecule has 0 unspecified atom stereocenters. The van der Waals surface area contributed by atoms with Gasteiger partial charge in [0.25, 0.3) is 0 Å². The topological polar surface area (TPSA) is 70.5 Å². The minimum atomic E-state index is 0.0491. The van der Waals surface area contributed by atoms with Gasteiger partial charge in [-0.1, -0.05) is 25.0 Å². The third kappa shape index (κ3) is 2.88. The summed E-state index contributed by atoms with van der Waals surface area (Å²) >= 11 is 0. The summed E-state index contributed by atoms with van der Waals surface area (Å²) in [5.74, 6) is 0. The van der Waals surface area contributed by atoms with Crippen molar-refractivity contribution in [1.82, 2.24) is 28.9 Å². The first kappa shape index (κ1) is 19.0. The lowest BCUT2D eigenvalue weighted by Gasteiger charge is -2.13. The average Bonchev–Trinajstić information content (AvgIpc) is 3.55. The van der Waals surface area contributed by atoms with Crippen molar-refractivity contribution >= 4 is 21.9 Å². The Hall–Kier alpha value is -3.74. The largest absolute Gasteiger partial charge is 0.329 e. The van der Waals surface area contributed by atoms with Crippen LogP contribution in [0.2, 0.25) is 0 Å². The van der Waals surface area contributed by atoms with Crippen molar-refractivity contribution < 1.29 is 0 Å². The number of imidazole rings is 1. The zero-order chi connectivity index (χ0) is 21.8. The fraction of sp³-hybridized carbons (Fsp3) is 0.280. The third-order valence-corrected chi connectivity index (χ3v) is 6.68. The highest BCUT2D eigenvalue weighted by atomic mass is 16.1. The first-order valence-corrected chi connectivity index (χ1v) is 11.1. The number of rotatable bonds is 3. The quantitative estimate of drug-likeness (QED) is 0.429. The monoisotopic (exact) mass is 424 g/mol. The maximum Gasteiger partial charge on any atom is 0.329 e. The molecular formula is C25H24N6O. The van der Waals surface area contributed by atoms with Gasteiger partial charge in [-0.05, 0) is 42.7 Å². The second-order valence-electron chi connectivity index (χ2n) is 8.68. The van der Waals surface area contributed by atoms with Gasteiger partial charge in [0.2, 0.25) is 0 Å². The van der Waals surface area contributed by atoms with Crippen LogP contribution in [0.1, 0.15) is 31.7 Å². The van der Waals surface area contributed by atoms with Gasteiger partial charge in [-0.15, -0.1) is 0 Å². The van der Waals surface area contributed by atoms with Crippen molar-refractivity contribution in [3.8, 4) is 22.5 Å². The molecule has 1 aliphatic carbocycles. The molecule has 7 heteroatoms. The number of hydrogen-bond donors (Lipinski definition) is 0. The number of aromatic nitrogens is 6. The molecule has 6 rings (SSSR count). The second-order valence-corrected chi connectivity index (χ2v) is 8.68.